The van der Waals surface area contributed by atoms with Gasteiger partial charge in [0.05, 0.1) is 23.9 Å². The quantitative estimate of drug-likeness (QED) is 0.904. The largest absolute Gasteiger partial charge is 0.478 e. The zero-order valence-corrected chi connectivity index (χ0v) is 12.1. The number of carboxylic acids is 1. The first-order chi connectivity index (χ1) is 9.97. The molecular formula is C14H10Cl2N2O3. The van der Waals surface area contributed by atoms with E-state index in [9.17, 15) is 9.59 Å². The summed E-state index contributed by atoms with van der Waals surface area (Å²) in [6, 6.07) is 6.29. The van der Waals surface area contributed by atoms with Crippen LogP contribution < -0.4 is 5.32 Å². The molecule has 0 unspecified atom stereocenters. The lowest BCUT2D eigenvalue weighted by atomic mass is 10.1. The van der Waals surface area contributed by atoms with Crippen molar-refractivity contribution in [3.63, 3.8) is 0 Å². The fourth-order valence-corrected chi connectivity index (χ4v) is 2.22. The van der Waals surface area contributed by atoms with Crippen LogP contribution in [-0.2, 0) is 11.2 Å². The van der Waals surface area contributed by atoms with Gasteiger partial charge in [-0.1, -0.05) is 29.3 Å². The van der Waals surface area contributed by atoms with Crippen molar-refractivity contribution >= 4 is 40.8 Å². The van der Waals surface area contributed by atoms with Gasteiger partial charge in [-0.15, -0.1) is 0 Å². The van der Waals surface area contributed by atoms with Crippen LogP contribution in [0, 0.1) is 0 Å². The van der Waals surface area contributed by atoms with Crippen LogP contribution in [0.2, 0.25) is 10.0 Å². The summed E-state index contributed by atoms with van der Waals surface area (Å²) >= 11 is 12.0. The Morgan fingerprint density at radius 3 is 2.48 bits per heavy atom. The molecule has 0 atom stereocenters. The molecule has 0 aliphatic rings. The molecular weight excluding hydrogens is 315 g/mol. The zero-order valence-electron chi connectivity index (χ0n) is 10.6. The lowest BCUT2D eigenvalue weighted by Gasteiger charge is -2.08. The summed E-state index contributed by atoms with van der Waals surface area (Å²) in [5.41, 5.74) is 0.798. The van der Waals surface area contributed by atoms with Crippen molar-refractivity contribution in [3.8, 4) is 0 Å². The van der Waals surface area contributed by atoms with E-state index in [-0.39, 0.29) is 17.9 Å². The molecule has 2 rings (SSSR count). The third-order valence-corrected chi connectivity index (χ3v) is 3.38. The van der Waals surface area contributed by atoms with Crippen molar-refractivity contribution in [2.75, 3.05) is 5.32 Å². The molecule has 1 aromatic heterocycles. The first-order valence-electron chi connectivity index (χ1n) is 5.88. The van der Waals surface area contributed by atoms with Gasteiger partial charge < -0.3 is 10.4 Å². The summed E-state index contributed by atoms with van der Waals surface area (Å²) < 4.78 is 0. The van der Waals surface area contributed by atoms with Crippen LogP contribution in [0.15, 0.2) is 36.7 Å². The van der Waals surface area contributed by atoms with Gasteiger partial charge in [0.1, 0.15) is 0 Å². The van der Waals surface area contributed by atoms with Crippen LogP contribution in [0.5, 0.6) is 0 Å². The molecule has 7 heteroatoms. The first kappa shape index (κ1) is 15.3. The molecule has 108 valence electrons. The number of pyridine rings is 1. The van der Waals surface area contributed by atoms with Crippen LogP contribution in [-0.4, -0.2) is 22.0 Å². The van der Waals surface area contributed by atoms with Gasteiger partial charge in [-0.3, -0.25) is 9.78 Å². The maximum Gasteiger partial charge on any atom is 0.337 e. The van der Waals surface area contributed by atoms with Gasteiger partial charge in [0.2, 0.25) is 5.91 Å². The number of rotatable bonds is 4. The van der Waals surface area contributed by atoms with Gasteiger partial charge in [0.25, 0.3) is 0 Å². The van der Waals surface area contributed by atoms with E-state index in [4.69, 9.17) is 28.3 Å². The van der Waals surface area contributed by atoms with Crippen molar-refractivity contribution in [2.45, 2.75) is 6.42 Å². The van der Waals surface area contributed by atoms with E-state index in [1.54, 1.807) is 18.2 Å². The number of hydrogen-bond donors (Lipinski definition) is 2. The molecule has 21 heavy (non-hydrogen) atoms. The Bertz CT molecular complexity index is 684. The van der Waals surface area contributed by atoms with Crippen LogP contribution in [0.3, 0.4) is 0 Å². The Labute approximate surface area is 130 Å². The third kappa shape index (κ3) is 3.93. The maximum absolute atomic E-state index is 12.0. The molecule has 0 saturated carbocycles. The topological polar surface area (TPSA) is 79.3 Å². The van der Waals surface area contributed by atoms with E-state index < -0.39 is 5.97 Å². The number of halogens is 2. The van der Waals surface area contributed by atoms with E-state index in [0.29, 0.717) is 21.3 Å². The average Bonchev–Trinajstić information content (AvgIpc) is 2.43. The number of nitrogens with zero attached hydrogens (tertiary/aromatic N) is 1. The molecule has 1 amide bonds. The normalized spacial score (nSPS) is 10.2. The monoisotopic (exact) mass is 324 g/mol. The summed E-state index contributed by atoms with van der Waals surface area (Å²) in [4.78, 5) is 26.5. The molecule has 0 saturated heterocycles. The maximum atomic E-state index is 12.0. The average molecular weight is 325 g/mol. The molecule has 0 radical (unpaired) electrons. The number of aromatic carboxylic acids is 1. The van der Waals surface area contributed by atoms with E-state index in [1.165, 1.54) is 18.5 Å². The predicted octanol–water partition coefficient (Wildman–Crippen LogP) is 3.27. The second-order valence-corrected chi connectivity index (χ2v) is 5.01. The predicted molar refractivity (Wildman–Crippen MR) is 80.0 cm³/mol. The number of amides is 1. The number of carbonyl (C=O) groups is 2. The van der Waals surface area contributed by atoms with Crippen LogP contribution in [0.1, 0.15) is 15.9 Å². The van der Waals surface area contributed by atoms with Gasteiger partial charge in [-0.2, -0.15) is 0 Å². The fraction of sp³-hybridized carbons (Fsp3) is 0.0714. The van der Waals surface area contributed by atoms with Crippen LogP contribution >= 0.6 is 23.2 Å². The Hall–Kier alpha value is -2.11. The third-order valence-electron chi connectivity index (χ3n) is 2.67. The van der Waals surface area contributed by atoms with E-state index >= 15 is 0 Å². The van der Waals surface area contributed by atoms with Crippen molar-refractivity contribution in [1.82, 2.24) is 4.98 Å². The standard InChI is InChI=1S/C14H10Cl2N2O3/c15-11-2-1-3-12(16)10(11)5-13(19)18-9-4-8(14(20)21)6-17-7-9/h1-4,6-7H,5H2,(H,18,19)(H,20,21). The summed E-state index contributed by atoms with van der Waals surface area (Å²) in [7, 11) is 0. The van der Waals surface area contributed by atoms with Crippen molar-refractivity contribution < 1.29 is 14.7 Å². The second kappa shape index (κ2) is 6.56. The summed E-state index contributed by atoms with van der Waals surface area (Å²) in [5, 5.41) is 12.2. The minimum atomic E-state index is -1.12. The SMILES string of the molecule is O=C(Cc1c(Cl)cccc1Cl)Nc1cncc(C(=O)O)c1. The van der Waals surface area contributed by atoms with Gasteiger partial charge in [-0.25, -0.2) is 4.79 Å². The van der Waals surface area contributed by atoms with E-state index in [1.807, 2.05) is 0 Å². The molecule has 5 nitrogen and oxygen atoms in total. The lowest BCUT2D eigenvalue weighted by molar-refractivity contribution is -0.115. The smallest absolute Gasteiger partial charge is 0.337 e. The number of nitrogens with one attached hydrogen (secondary N) is 1. The molecule has 0 aliphatic carbocycles. The second-order valence-electron chi connectivity index (χ2n) is 4.19. The molecule has 0 fully saturated rings. The molecule has 0 bridgehead atoms. The highest BCUT2D eigenvalue weighted by atomic mass is 35.5. The van der Waals surface area contributed by atoms with Gasteiger partial charge >= 0.3 is 5.97 Å². The number of benzene rings is 1. The van der Waals surface area contributed by atoms with E-state index in [2.05, 4.69) is 10.3 Å². The van der Waals surface area contributed by atoms with Gasteiger partial charge in [0, 0.05) is 16.2 Å². The Balaban J connectivity index is 2.12. The summed E-state index contributed by atoms with van der Waals surface area (Å²) in [5.74, 6) is -1.48. The number of hydrogen-bond acceptors (Lipinski definition) is 3. The summed E-state index contributed by atoms with van der Waals surface area (Å²) in [6.07, 6.45) is 2.54. The Morgan fingerprint density at radius 2 is 1.86 bits per heavy atom. The van der Waals surface area contributed by atoms with E-state index in [0.717, 1.165) is 0 Å². The molecule has 0 spiro atoms. The first-order valence-corrected chi connectivity index (χ1v) is 6.64. The highest BCUT2D eigenvalue weighted by molar-refractivity contribution is 6.36. The zero-order chi connectivity index (χ0) is 15.4. The highest BCUT2D eigenvalue weighted by Gasteiger charge is 2.12. The minimum absolute atomic E-state index is 0.0106. The minimum Gasteiger partial charge on any atom is -0.478 e. The number of aromatic nitrogens is 1. The molecule has 0 aliphatic heterocycles. The molecule has 2 N–H and O–H groups in total. The van der Waals surface area contributed by atoms with Crippen molar-refractivity contribution in [2.24, 2.45) is 0 Å². The fourth-order valence-electron chi connectivity index (χ4n) is 1.69. The van der Waals surface area contributed by atoms with Crippen LogP contribution in [0.4, 0.5) is 5.69 Å². The highest BCUT2D eigenvalue weighted by Crippen LogP contribution is 2.25. The molecule has 1 heterocycles. The Morgan fingerprint density at radius 1 is 1.19 bits per heavy atom. The lowest BCUT2D eigenvalue weighted by Crippen LogP contribution is -2.15. The van der Waals surface area contributed by atoms with Crippen molar-refractivity contribution in [1.29, 1.82) is 0 Å². The number of carboxylic acid groups (broad SMARTS) is 1. The van der Waals surface area contributed by atoms with Gasteiger partial charge in [0.15, 0.2) is 0 Å². The molecule has 1 aromatic carbocycles. The Kier molecular flexibility index (Phi) is 4.77. The van der Waals surface area contributed by atoms with Gasteiger partial charge in [-0.05, 0) is 23.8 Å². The molecule has 2 aromatic rings. The van der Waals surface area contributed by atoms with Crippen molar-refractivity contribution in [3.05, 3.63) is 57.8 Å². The van der Waals surface area contributed by atoms with Crippen LogP contribution in [0.25, 0.3) is 0 Å². The summed E-state index contributed by atoms with van der Waals surface area (Å²) in [6.45, 7) is 0. The number of anilines is 1. The number of carbonyl (C=O) groups excluding carboxylic acids is 1.